The quantitative estimate of drug-likeness (QED) is 0.694. The van der Waals surface area contributed by atoms with Crippen molar-refractivity contribution in [2.24, 2.45) is 11.0 Å². The predicted molar refractivity (Wildman–Crippen MR) is 46.2 cm³/mol. The fraction of sp³-hybridized carbons (Fsp3) is 0.750. The van der Waals surface area contributed by atoms with E-state index in [2.05, 4.69) is 10.4 Å². The number of carbonyl (C=O) groups is 1. The summed E-state index contributed by atoms with van der Waals surface area (Å²) in [5, 5.41) is 7.21. The maximum absolute atomic E-state index is 12.1. The number of fused-ring (bicyclic) bond motifs is 1. The molecule has 2 heterocycles. The summed E-state index contributed by atoms with van der Waals surface area (Å²) < 4.78 is 36.2. The Morgan fingerprint density at radius 3 is 2.87 bits per heavy atom. The Morgan fingerprint density at radius 2 is 2.27 bits per heavy atom. The van der Waals surface area contributed by atoms with Gasteiger partial charge in [-0.1, -0.05) is 0 Å². The molecule has 2 rings (SSSR count). The highest BCUT2D eigenvalue weighted by molar-refractivity contribution is 6.08. The number of nitrogens with one attached hydrogen (secondary N) is 1. The van der Waals surface area contributed by atoms with E-state index in [9.17, 15) is 18.0 Å². The Kier molecular flexibility index (Phi) is 2.41. The third kappa shape index (κ3) is 2.11. The molecule has 1 atom stereocenters. The second-order valence-corrected chi connectivity index (χ2v) is 3.61. The van der Waals surface area contributed by atoms with Crippen molar-refractivity contribution in [1.82, 2.24) is 10.3 Å². The molecule has 0 bridgehead atoms. The number of carbonyl (C=O) groups excluding carboxylic acids is 1. The normalized spacial score (nSPS) is 26.6. The third-order valence-electron chi connectivity index (χ3n) is 2.44. The summed E-state index contributed by atoms with van der Waals surface area (Å²) in [5.41, 5.74) is 0.572. The van der Waals surface area contributed by atoms with Crippen molar-refractivity contribution >= 4 is 11.6 Å². The molecule has 2 aliphatic rings. The van der Waals surface area contributed by atoms with Gasteiger partial charge in [-0.3, -0.25) is 4.79 Å². The molecule has 1 unspecified atom stereocenters. The van der Waals surface area contributed by atoms with Gasteiger partial charge in [0.2, 0.25) is 0 Å². The molecular formula is C8H10F3N3O. The van der Waals surface area contributed by atoms with Crippen LogP contribution in [0.1, 0.15) is 6.42 Å². The molecule has 0 aromatic carbocycles. The van der Waals surface area contributed by atoms with Gasteiger partial charge in [0.25, 0.3) is 5.91 Å². The molecule has 0 aromatic heterocycles. The Balaban J connectivity index is 2.09. The molecule has 2 aliphatic heterocycles. The van der Waals surface area contributed by atoms with Crippen LogP contribution in [0.4, 0.5) is 13.2 Å². The minimum absolute atomic E-state index is 0.395. The van der Waals surface area contributed by atoms with Gasteiger partial charge in [0.05, 0.1) is 11.6 Å². The Labute approximate surface area is 84.1 Å². The van der Waals surface area contributed by atoms with Crippen molar-refractivity contribution in [3.63, 3.8) is 0 Å². The summed E-state index contributed by atoms with van der Waals surface area (Å²) in [6, 6.07) is 0. The van der Waals surface area contributed by atoms with Crippen LogP contribution in [0.5, 0.6) is 0 Å². The van der Waals surface area contributed by atoms with Crippen molar-refractivity contribution in [2.45, 2.75) is 12.6 Å². The molecule has 0 aromatic rings. The minimum Gasteiger partial charge on any atom is -0.315 e. The number of hydrazone groups is 1. The lowest BCUT2D eigenvalue weighted by Crippen LogP contribution is -2.41. The summed E-state index contributed by atoms with van der Waals surface area (Å²) in [6.07, 6.45) is -3.84. The highest BCUT2D eigenvalue weighted by atomic mass is 19.4. The van der Waals surface area contributed by atoms with Crippen LogP contribution in [0.3, 0.4) is 0 Å². The number of piperidine rings is 1. The number of halogens is 3. The number of nitrogens with zero attached hydrogens (tertiary/aromatic N) is 2. The summed E-state index contributed by atoms with van der Waals surface area (Å²) >= 11 is 0. The zero-order valence-electron chi connectivity index (χ0n) is 7.84. The summed E-state index contributed by atoms with van der Waals surface area (Å²) in [6.45, 7) is -0.222. The number of amides is 1. The van der Waals surface area contributed by atoms with Gasteiger partial charge in [-0.05, 0) is 0 Å². The summed E-state index contributed by atoms with van der Waals surface area (Å²) in [5.74, 6) is -1.03. The van der Waals surface area contributed by atoms with Crippen LogP contribution in [0.15, 0.2) is 5.10 Å². The maximum atomic E-state index is 12.1. The molecule has 0 aliphatic carbocycles. The van der Waals surface area contributed by atoms with E-state index in [0.29, 0.717) is 30.2 Å². The molecule has 1 fully saturated rings. The lowest BCUT2D eigenvalue weighted by molar-refractivity contribution is -0.160. The van der Waals surface area contributed by atoms with Crippen LogP contribution in [0.2, 0.25) is 0 Å². The fourth-order valence-electron chi connectivity index (χ4n) is 1.77. The van der Waals surface area contributed by atoms with Gasteiger partial charge in [0.1, 0.15) is 6.54 Å². The molecule has 84 valence electrons. The molecule has 1 amide bonds. The van der Waals surface area contributed by atoms with Crippen LogP contribution in [-0.4, -0.2) is 42.4 Å². The van der Waals surface area contributed by atoms with E-state index in [0.717, 1.165) is 0 Å². The Bertz CT molecular complexity index is 313. The summed E-state index contributed by atoms with van der Waals surface area (Å²) in [4.78, 5) is 11.5. The highest BCUT2D eigenvalue weighted by Gasteiger charge is 2.42. The maximum Gasteiger partial charge on any atom is 0.408 e. The average Bonchev–Trinajstić information content (AvgIpc) is 2.42. The van der Waals surface area contributed by atoms with E-state index in [1.54, 1.807) is 0 Å². The average molecular weight is 221 g/mol. The lowest BCUT2D eigenvalue weighted by atomic mass is 9.97. The standard InChI is InChI=1S/C8H10F3N3O/c9-8(10,11)4-14-7(15)5-3-12-2-1-6(5)13-14/h5,12H,1-4H2. The molecular weight excluding hydrogens is 211 g/mol. The van der Waals surface area contributed by atoms with Gasteiger partial charge in [-0.25, -0.2) is 5.01 Å². The molecule has 1 N–H and O–H groups in total. The van der Waals surface area contributed by atoms with Crippen LogP contribution in [0.25, 0.3) is 0 Å². The molecule has 0 saturated carbocycles. The first-order valence-corrected chi connectivity index (χ1v) is 4.63. The van der Waals surface area contributed by atoms with Crippen LogP contribution >= 0.6 is 0 Å². The number of rotatable bonds is 1. The van der Waals surface area contributed by atoms with E-state index in [-0.39, 0.29) is 0 Å². The minimum atomic E-state index is -4.39. The van der Waals surface area contributed by atoms with Gasteiger partial charge in [-0.15, -0.1) is 0 Å². The first-order chi connectivity index (χ1) is 6.97. The molecule has 0 spiro atoms. The first-order valence-electron chi connectivity index (χ1n) is 4.63. The van der Waals surface area contributed by atoms with Crippen molar-refractivity contribution in [3.8, 4) is 0 Å². The van der Waals surface area contributed by atoms with Crippen molar-refractivity contribution in [2.75, 3.05) is 19.6 Å². The van der Waals surface area contributed by atoms with Crippen molar-refractivity contribution < 1.29 is 18.0 Å². The third-order valence-corrected chi connectivity index (χ3v) is 2.44. The van der Waals surface area contributed by atoms with E-state index >= 15 is 0 Å². The van der Waals surface area contributed by atoms with Crippen molar-refractivity contribution in [3.05, 3.63) is 0 Å². The summed E-state index contributed by atoms with van der Waals surface area (Å²) in [7, 11) is 0. The monoisotopic (exact) mass is 221 g/mol. The van der Waals surface area contributed by atoms with Gasteiger partial charge >= 0.3 is 6.18 Å². The second kappa shape index (κ2) is 3.48. The predicted octanol–water partition coefficient (Wildman–Crippen LogP) is 0.356. The number of alkyl halides is 3. The first kappa shape index (κ1) is 10.4. The number of hydrogen-bond donors (Lipinski definition) is 1. The van der Waals surface area contributed by atoms with Crippen molar-refractivity contribution in [1.29, 1.82) is 0 Å². The topological polar surface area (TPSA) is 44.7 Å². The Hall–Kier alpha value is -1.11. The SMILES string of the molecule is O=C1C2CNCCC2=NN1CC(F)(F)F. The van der Waals surface area contributed by atoms with Gasteiger partial charge in [0, 0.05) is 19.5 Å². The smallest absolute Gasteiger partial charge is 0.315 e. The zero-order valence-corrected chi connectivity index (χ0v) is 7.84. The Morgan fingerprint density at radius 1 is 1.53 bits per heavy atom. The van der Waals surface area contributed by atoms with Gasteiger partial charge < -0.3 is 5.32 Å². The molecule has 7 heteroatoms. The number of hydrogen-bond acceptors (Lipinski definition) is 3. The second-order valence-electron chi connectivity index (χ2n) is 3.61. The molecule has 4 nitrogen and oxygen atoms in total. The van der Waals surface area contributed by atoms with Crippen LogP contribution in [0, 0.1) is 5.92 Å². The largest absolute Gasteiger partial charge is 0.408 e. The van der Waals surface area contributed by atoms with E-state index in [4.69, 9.17) is 0 Å². The van der Waals surface area contributed by atoms with Gasteiger partial charge in [0.15, 0.2) is 0 Å². The van der Waals surface area contributed by atoms with E-state index in [1.165, 1.54) is 0 Å². The molecule has 15 heavy (non-hydrogen) atoms. The van der Waals surface area contributed by atoms with Gasteiger partial charge in [-0.2, -0.15) is 18.3 Å². The van der Waals surface area contributed by atoms with E-state index in [1.807, 2.05) is 0 Å². The van der Waals surface area contributed by atoms with Crippen LogP contribution < -0.4 is 5.32 Å². The fourth-order valence-corrected chi connectivity index (χ4v) is 1.77. The molecule has 0 radical (unpaired) electrons. The lowest BCUT2D eigenvalue weighted by Gasteiger charge is -2.18. The molecule has 1 saturated heterocycles. The highest BCUT2D eigenvalue weighted by Crippen LogP contribution is 2.24. The van der Waals surface area contributed by atoms with Crippen LogP contribution in [-0.2, 0) is 4.79 Å². The zero-order chi connectivity index (χ0) is 11.1. The van der Waals surface area contributed by atoms with E-state index < -0.39 is 24.5 Å².